The Morgan fingerprint density at radius 2 is 1.77 bits per heavy atom. The van der Waals surface area contributed by atoms with Gasteiger partial charge in [0.2, 0.25) is 15.9 Å². The minimum absolute atomic E-state index is 0.318. The Morgan fingerprint density at radius 1 is 1.15 bits per heavy atom. The molecule has 1 amide bonds. The number of nitrogens with zero attached hydrogens (tertiary/aromatic N) is 1. The van der Waals surface area contributed by atoms with E-state index in [0.29, 0.717) is 12.1 Å². The maximum atomic E-state index is 13.0. The monoisotopic (exact) mass is 378 g/mol. The number of benzene rings is 2. The van der Waals surface area contributed by atoms with Gasteiger partial charge in [-0.25, -0.2) is 12.8 Å². The van der Waals surface area contributed by atoms with Crippen LogP contribution in [-0.4, -0.2) is 27.1 Å². The molecule has 0 radical (unpaired) electrons. The van der Waals surface area contributed by atoms with Crippen LogP contribution in [0, 0.1) is 5.82 Å². The first-order valence-corrected chi connectivity index (χ1v) is 10.2. The molecule has 0 saturated carbocycles. The number of carbonyl (C=O) groups is 1. The molecule has 2 rings (SSSR count). The van der Waals surface area contributed by atoms with Gasteiger partial charge in [-0.3, -0.25) is 9.10 Å². The summed E-state index contributed by atoms with van der Waals surface area (Å²) in [5, 5.41) is 2.76. The maximum Gasteiger partial charge on any atom is 0.241 e. The Hall–Kier alpha value is -2.41. The van der Waals surface area contributed by atoms with Crippen LogP contribution in [0.3, 0.4) is 0 Å². The number of hydrogen-bond acceptors (Lipinski definition) is 3. The molecule has 26 heavy (non-hydrogen) atoms. The Morgan fingerprint density at radius 3 is 2.35 bits per heavy atom. The van der Waals surface area contributed by atoms with Crippen molar-refractivity contribution in [1.82, 2.24) is 5.32 Å². The molecule has 0 aliphatic heterocycles. The molecule has 2 aromatic rings. The summed E-state index contributed by atoms with van der Waals surface area (Å²) in [4.78, 5) is 12.4. The quantitative estimate of drug-likeness (QED) is 0.805. The van der Waals surface area contributed by atoms with Crippen molar-refractivity contribution in [2.24, 2.45) is 0 Å². The Balaban J connectivity index is 2.18. The van der Waals surface area contributed by atoms with Gasteiger partial charge in [-0.05, 0) is 42.7 Å². The van der Waals surface area contributed by atoms with Gasteiger partial charge < -0.3 is 5.32 Å². The van der Waals surface area contributed by atoms with E-state index in [2.05, 4.69) is 5.32 Å². The van der Waals surface area contributed by atoms with E-state index in [1.807, 2.05) is 19.1 Å². The van der Waals surface area contributed by atoms with E-state index >= 15 is 0 Å². The van der Waals surface area contributed by atoms with Crippen LogP contribution in [0.2, 0.25) is 0 Å². The number of aryl methyl sites for hydroxylation is 1. The number of hydrogen-bond donors (Lipinski definition) is 1. The zero-order valence-electron chi connectivity index (χ0n) is 15.1. The number of nitrogens with one attached hydrogen (secondary N) is 1. The van der Waals surface area contributed by atoms with Gasteiger partial charge in [0.25, 0.3) is 0 Å². The Labute approximate surface area is 153 Å². The lowest BCUT2D eigenvalue weighted by Gasteiger charge is -2.25. The SMILES string of the molecule is CCc1ccccc1N(CC(=O)N[C@H](C)c1ccc(F)cc1)S(C)(=O)=O. The summed E-state index contributed by atoms with van der Waals surface area (Å²) in [7, 11) is -3.63. The molecule has 0 spiro atoms. The van der Waals surface area contributed by atoms with Gasteiger partial charge in [-0.1, -0.05) is 37.3 Å². The first-order chi connectivity index (χ1) is 12.2. The second-order valence-corrected chi connectivity index (χ2v) is 8.00. The summed E-state index contributed by atoms with van der Waals surface area (Å²) < 4.78 is 38.6. The Bertz CT molecular complexity index is 867. The summed E-state index contributed by atoms with van der Waals surface area (Å²) in [6, 6.07) is 12.5. The standard InChI is InChI=1S/C19H23FN2O3S/c1-4-15-7-5-6-8-18(15)22(26(3,24)25)13-19(23)21-14(2)16-9-11-17(20)12-10-16/h5-12,14H,4,13H2,1-3H3,(H,21,23)/t14-/m1/s1. The number of sulfonamides is 1. The molecule has 0 bridgehead atoms. The van der Waals surface area contributed by atoms with Gasteiger partial charge in [0.15, 0.2) is 0 Å². The first kappa shape index (κ1) is 19.9. The molecule has 0 aliphatic carbocycles. The minimum Gasteiger partial charge on any atom is -0.348 e. The molecule has 2 aromatic carbocycles. The van der Waals surface area contributed by atoms with Crippen molar-refractivity contribution >= 4 is 21.6 Å². The molecule has 1 N–H and O–H groups in total. The lowest BCUT2D eigenvalue weighted by molar-refractivity contribution is -0.120. The van der Waals surface area contributed by atoms with Gasteiger partial charge in [0, 0.05) is 0 Å². The lowest BCUT2D eigenvalue weighted by Crippen LogP contribution is -2.41. The molecule has 5 nitrogen and oxygen atoms in total. The van der Waals surface area contributed by atoms with Gasteiger partial charge in [-0.15, -0.1) is 0 Å². The topological polar surface area (TPSA) is 66.5 Å². The van der Waals surface area contributed by atoms with E-state index in [9.17, 15) is 17.6 Å². The lowest BCUT2D eigenvalue weighted by atomic mass is 10.1. The highest BCUT2D eigenvalue weighted by Gasteiger charge is 2.23. The third-order valence-corrected chi connectivity index (χ3v) is 5.20. The molecular weight excluding hydrogens is 355 g/mol. The summed E-state index contributed by atoms with van der Waals surface area (Å²) in [6.45, 7) is 3.37. The predicted molar refractivity (Wildman–Crippen MR) is 101 cm³/mol. The van der Waals surface area contributed by atoms with Crippen molar-refractivity contribution in [2.45, 2.75) is 26.3 Å². The highest BCUT2D eigenvalue weighted by atomic mass is 32.2. The molecular formula is C19H23FN2O3S. The van der Waals surface area contributed by atoms with E-state index < -0.39 is 15.9 Å². The highest BCUT2D eigenvalue weighted by molar-refractivity contribution is 7.92. The van der Waals surface area contributed by atoms with Crippen molar-refractivity contribution in [1.29, 1.82) is 0 Å². The van der Waals surface area contributed by atoms with Crippen LogP contribution in [0.4, 0.5) is 10.1 Å². The van der Waals surface area contributed by atoms with Crippen molar-refractivity contribution in [3.8, 4) is 0 Å². The van der Waals surface area contributed by atoms with Crippen LogP contribution in [0.1, 0.15) is 31.0 Å². The minimum atomic E-state index is -3.63. The van der Waals surface area contributed by atoms with Crippen molar-refractivity contribution < 1.29 is 17.6 Å². The van der Waals surface area contributed by atoms with Crippen LogP contribution >= 0.6 is 0 Å². The number of rotatable bonds is 7. The Kier molecular flexibility index (Phi) is 6.37. The average Bonchev–Trinajstić information content (AvgIpc) is 2.59. The smallest absolute Gasteiger partial charge is 0.241 e. The van der Waals surface area contributed by atoms with Crippen LogP contribution in [0.5, 0.6) is 0 Å². The van der Waals surface area contributed by atoms with Gasteiger partial charge in [0.1, 0.15) is 12.4 Å². The van der Waals surface area contributed by atoms with E-state index in [-0.39, 0.29) is 18.4 Å². The zero-order chi connectivity index (χ0) is 19.3. The predicted octanol–water partition coefficient (Wildman–Crippen LogP) is 3.03. The fourth-order valence-corrected chi connectivity index (χ4v) is 3.57. The average molecular weight is 378 g/mol. The van der Waals surface area contributed by atoms with E-state index in [4.69, 9.17) is 0 Å². The van der Waals surface area contributed by atoms with Gasteiger partial charge >= 0.3 is 0 Å². The first-order valence-electron chi connectivity index (χ1n) is 8.32. The second-order valence-electron chi connectivity index (χ2n) is 6.09. The molecule has 0 heterocycles. The fraction of sp³-hybridized carbons (Fsp3) is 0.316. The van der Waals surface area contributed by atoms with Crippen LogP contribution < -0.4 is 9.62 Å². The maximum absolute atomic E-state index is 13.0. The molecule has 0 aromatic heterocycles. The molecule has 140 valence electrons. The molecule has 0 fully saturated rings. The van der Waals surface area contributed by atoms with E-state index in [0.717, 1.165) is 21.7 Å². The summed E-state index contributed by atoms with van der Waals surface area (Å²) >= 11 is 0. The zero-order valence-corrected chi connectivity index (χ0v) is 15.9. The molecule has 0 unspecified atom stereocenters. The third kappa shape index (κ3) is 5.05. The third-order valence-electron chi connectivity index (χ3n) is 4.08. The second kappa shape index (κ2) is 8.31. The molecule has 1 atom stereocenters. The largest absolute Gasteiger partial charge is 0.348 e. The normalized spacial score (nSPS) is 12.5. The van der Waals surface area contributed by atoms with Crippen LogP contribution in [0.15, 0.2) is 48.5 Å². The number of carbonyl (C=O) groups excluding carboxylic acids is 1. The fourth-order valence-electron chi connectivity index (χ4n) is 2.69. The molecule has 0 aliphatic rings. The molecule has 0 saturated heterocycles. The van der Waals surface area contributed by atoms with Crippen LogP contribution in [0.25, 0.3) is 0 Å². The summed E-state index contributed by atoms with van der Waals surface area (Å²) in [6.07, 6.45) is 1.73. The van der Waals surface area contributed by atoms with Crippen molar-refractivity contribution in [3.63, 3.8) is 0 Å². The highest BCUT2D eigenvalue weighted by Crippen LogP contribution is 2.23. The van der Waals surface area contributed by atoms with E-state index in [1.54, 1.807) is 31.2 Å². The number of amides is 1. The van der Waals surface area contributed by atoms with Crippen molar-refractivity contribution in [2.75, 3.05) is 17.1 Å². The summed E-state index contributed by atoms with van der Waals surface area (Å²) in [5.41, 5.74) is 2.08. The number of para-hydroxylation sites is 1. The molecule has 7 heteroatoms. The van der Waals surface area contributed by atoms with E-state index in [1.165, 1.54) is 12.1 Å². The summed E-state index contributed by atoms with van der Waals surface area (Å²) in [5.74, 6) is -0.787. The van der Waals surface area contributed by atoms with Crippen molar-refractivity contribution in [3.05, 3.63) is 65.5 Å². The number of anilines is 1. The van der Waals surface area contributed by atoms with Gasteiger partial charge in [0.05, 0.1) is 18.0 Å². The van der Waals surface area contributed by atoms with Crippen LogP contribution in [-0.2, 0) is 21.2 Å². The number of halogens is 1. The van der Waals surface area contributed by atoms with Gasteiger partial charge in [-0.2, -0.15) is 0 Å².